The highest BCUT2D eigenvalue weighted by atomic mass is 31.0. The first-order chi connectivity index (χ1) is 4.75. The Hall–Kier alpha value is -1.02. The third-order valence-electron chi connectivity index (χ3n) is 1.09. The lowest BCUT2D eigenvalue weighted by molar-refractivity contribution is 0.0761. The van der Waals surface area contributed by atoms with Crippen molar-refractivity contribution in [3.8, 4) is 0 Å². The summed E-state index contributed by atoms with van der Waals surface area (Å²) in [6.45, 7) is 0. The molecule has 0 radical (unpaired) electrons. The van der Waals surface area contributed by atoms with Crippen LogP contribution in [0, 0.1) is 0 Å². The number of anilines is 1. The van der Waals surface area contributed by atoms with E-state index in [2.05, 4.69) is 9.51 Å². The minimum Gasteiger partial charge on any atom is -0.447 e. The molecule has 3 N–H and O–H groups in total. The molecule has 0 saturated heterocycles. The fourth-order valence-electron chi connectivity index (χ4n) is 0.617. The lowest BCUT2D eigenvalue weighted by Crippen LogP contribution is -2.01. The number of nitrogens with one attached hydrogen (secondary N) is 1. The molecule has 1 heterocycles. The van der Waals surface area contributed by atoms with E-state index in [0.717, 1.165) is 0 Å². The van der Waals surface area contributed by atoms with Crippen LogP contribution in [0.4, 0.5) is 5.69 Å². The molecule has 1 aromatic heterocycles. The zero-order chi connectivity index (χ0) is 7.56. The molecule has 0 aliphatic carbocycles. The van der Waals surface area contributed by atoms with Crippen LogP contribution in [-0.4, -0.2) is 11.0 Å². The van der Waals surface area contributed by atoms with E-state index in [0.29, 0.717) is 5.69 Å². The van der Waals surface area contributed by atoms with Gasteiger partial charge < -0.3 is 15.2 Å². The van der Waals surface area contributed by atoms with E-state index < -0.39 is 5.97 Å². The van der Waals surface area contributed by atoms with Crippen LogP contribution in [-0.2, 0) is 4.52 Å². The quantitative estimate of drug-likeness (QED) is 0.586. The van der Waals surface area contributed by atoms with Crippen LogP contribution >= 0.6 is 9.47 Å². The Morgan fingerprint density at radius 2 is 2.50 bits per heavy atom. The molecule has 0 aliphatic heterocycles. The van der Waals surface area contributed by atoms with Crippen molar-refractivity contribution in [3.63, 3.8) is 0 Å². The van der Waals surface area contributed by atoms with Gasteiger partial charge >= 0.3 is 5.97 Å². The summed E-state index contributed by atoms with van der Waals surface area (Å²) in [5.41, 5.74) is 6.06. The first-order valence-electron chi connectivity index (χ1n) is 2.59. The van der Waals surface area contributed by atoms with E-state index in [1.807, 2.05) is 9.47 Å². The fraction of sp³-hybridized carbons (Fsp3) is 0. The summed E-state index contributed by atoms with van der Waals surface area (Å²) in [5.74, 6) is -0.479. The summed E-state index contributed by atoms with van der Waals surface area (Å²) in [7, 11) is 1.86. The molecule has 0 aromatic carbocycles. The molecule has 1 atom stereocenters. The number of aromatic nitrogens is 1. The minimum absolute atomic E-state index is 0.287. The van der Waals surface area contributed by atoms with Crippen molar-refractivity contribution >= 4 is 21.1 Å². The van der Waals surface area contributed by atoms with Crippen molar-refractivity contribution in [2.24, 2.45) is 0 Å². The molecule has 0 fully saturated rings. The van der Waals surface area contributed by atoms with Crippen molar-refractivity contribution in [3.05, 3.63) is 18.0 Å². The van der Waals surface area contributed by atoms with Gasteiger partial charge in [0, 0.05) is 6.20 Å². The molecule has 1 rings (SSSR count). The van der Waals surface area contributed by atoms with Crippen molar-refractivity contribution in [1.82, 2.24) is 4.98 Å². The number of carbonyl (C=O) groups is 1. The van der Waals surface area contributed by atoms with Gasteiger partial charge in [-0.15, -0.1) is 0 Å². The molecule has 10 heavy (non-hydrogen) atoms. The smallest absolute Gasteiger partial charge is 0.359 e. The lowest BCUT2D eigenvalue weighted by atomic mass is 10.4. The molecule has 0 aliphatic rings. The van der Waals surface area contributed by atoms with Gasteiger partial charge in [-0.2, -0.15) is 0 Å². The first kappa shape index (κ1) is 7.09. The molecular weight excluding hydrogens is 151 g/mol. The van der Waals surface area contributed by atoms with Crippen molar-refractivity contribution < 1.29 is 9.32 Å². The zero-order valence-corrected chi connectivity index (χ0v) is 6.28. The van der Waals surface area contributed by atoms with Gasteiger partial charge in [0.2, 0.25) is 0 Å². The van der Waals surface area contributed by atoms with E-state index in [9.17, 15) is 4.79 Å². The summed E-state index contributed by atoms with van der Waals surface area (Å²) in [6.07, 6.45) is 1.58. The van der Waals surface area contributed by atoms with Gasteiger partial charge in [-0.1, -0.05) is 0 Å². The van der Waals surface area contributed by atoms with Crippen LogP contribution in [0.2, 0.25) is 0 Å². The predicted octanol–water partition coefficient (Wildman–Crippen LogP) is 0.544. The fourth-order valence-corrected chi connectivity index (χ4v) is 0.735. The lowest BCUT2D eigenvalue weighted by Gasteiger charge is -1.94. The van der Waals surface area contributed by atoms with E-state index in [4.69, 9.17) is 5.73 Å². The molecule has 4 nitrogen and oxygen atoms in total. The number of nitrogen functional groups attached to an aromatic ring is 1. The highest BCUT2D eigenvalue weighted by Crippen LogP contribution is 2.10. The Morgan fingerprint density at radius 1 is 1.80 bits per heavy atom. The van der Waals surface area contributed by atoms with Crippen molar-refractivity contribution in [2.45, 2.75) is 0 Å². The van der Waals surface area contributed by atoms with Gasteiger partial charge in [0.25, 0.3) is 0 Å². The van der Waals surface area contributed by atoms with E-state index in [1.165, 1.54) is 0 Å². The average molecular weight is 158 g/mol. The molecule has 54 valence electrons. The van der Waals surface area contributed by atoms with E-state index in [-0.39, 0.29) is 5.69 Å². The molecule has 5 heteroatoms. The monoisotopic (exact) mass is 158 g/mol. The number of H-pyrrole nitrogens is 1. The van der Waals surface area contributed by atoms with E-state index in [1.54, 1.807) is 12.3 Å². The molecule has 1 aromatic rings. The van der Waals surface area contributed by atoms with Crippen molar-refractivity contribution in [1.29, 1.82) is 0 Å². The Labute approximate surface area is 60.0 Å². The summed E-state index contributed by atoms with van der Waals surface area (Å²) in [5, 5.41) is 0. The number of carbonyl (C=O) groups excluding carboxylic acids is 1. The molecule has 1 unspecified atom stereocenters. The number of nitrogens with two attached hydrogens (primary N) is 1. The van der Waals surface area contributed by atoms with Gasteiger partial charge in [-0.3, -0.25) is 0 Å². The second kappa shape index (κ2) is 2.71. The highest BCUT2D eigenvalue weighted by Gasteiger charge is 2.09. The largest absolute Gasteiger partial charge is 0.447 e. The maximum absolute atomic E-state index is 10.7. The van der Waals surface area contributed by atoms with Gasteiger partial charge in [-0.05, 0) is 6.07 Å². The number of aromatic amines is 1. The minimum atomic E-state index is -0.479. The Morgan fingerprint density at radius 3 is 2.90 bits per heavy atom. The second-order valence-corrected chi connectivity index (χ2v) is 1.95. The van der Waals surface area contributed by atoms with Crippen LogP contribution < -0.4 is 5.73 Å². The number of hydrogen-bond acceptors (Lipinski definition) is 3. The van der Waals surface area contributed by atoms with Crippen LogP contribution in [0.1, 0.15) is 10.5 Å². The van der Waals surface area contributed by atoms with Crippen LogP contribution in [0.3, 0.4) is 0 Å². The number of rotatable bonds is 1. The average Bonchev–Trinajstić information content (AvgIpc) is 2.34. The summed E-state index contributed by atoms with van der Waals surface area (Å²) < 4.78 is 4.34. The third kappa shape index (κ3) is 1.11. The number of hydrogen-bond donors (Lipinski definition) is 2. The Kier molecular flexibility index (Phi) is 1.92. The maximum Gasteiger partial charge on any atom is 0.359 e. The normalized spacial score (nSPS) is 9.30. The Bertz CT molecular complexity index is 246. The molecule has 0 bridgehead atoms. The predicted molar refractivity (Wildman–Crippen MR) is 40.3 cm³/mol. The van der Waals surface area contributed by atoms with Crippen molar-refractivity contribution in [2.75, 3.05) is 5.73 Å². The second-order valence-electron chi connectivity index (χ2n) is 1.71. The van der Waals surface area contributed by atoms with Crippen LogP contribution in [0.25, 0.3) is 0 Å². The van der Waals surface area contributed by atoms with Gasteiger partial charge in [-0.25, -0.2) is 4.79 Å². The highest BCUT2D eigenvalue weighted by molar-refractivity contribution is 7.10. The Balaban J connectivity index is 2.93. The van der Waals surface area contributed by atoms with Crippen LogP contribution in [0.5, 0.6) is 0 Å². The third-order valence-corrected chi connectivity index (χ3v) is 1.30. The topological polar surface area (TPSA) is 68.1 Å². The molecule has 0 saturated carbocycles. The summed E-state index contributed by atoms with van der Waals surface area (Å²) in [6, 6.07) is 1.59. The molecule has 0 amide bonds. The summed E-state index contributed by atoms with van der Waals surface area (Å²) in [4.78, 5) is 13.4. The molecule has 0 spiro atoms. The summed E-state index contributed by atoms with van der Waals surface area (Å²) >= 11 is 0. The SMILES string of the molecule is Nc1cc[nH]c1C(=O)OP. The zero-order valence-electron chi connectivity index (χ0n) is 5.13. The standard InChI is InChI=1S/C5H7N2O2P/c6-3-1-2-7-4(3)5(8)9-10/h1-2,7H,6,10H2. The maximum atomic E-state index is 10.7. The first-order valence-corrected chi connectivity index (χ1v) is 3.06. The van der Waals surface area contributed by atoms with Gasteiger partial charge in [0.1, 0.15) is 5.69 Å². The van der Waals surface area contributed by atoms with Gasteiger partial charge in [0.05, 0.1) is 15.2 Å². The van der Waals surface area contributed by atoms with Crippen LogP contribution in [0.15, 0.2) is 12.3 Å². The molecular formula is C5H7N2O2P. The van der Waals surface area contributed by atoms with Gasteiger partial charge in [0.15, 0.2) is 0 Å². The van der Waals surface area contributed by atoms with E-state index >= 15 is 0 Å².